The monoisotopic (exact) mass is 790 g/mol. The quantitative estimate of drug-likeness (QED) is 0.136. The number of aromatic amines is 1. The Morgan fingerprint density at radius 2 is 1.44 bits per heavy atom. The number of aromatic nitrogens is 2. The normalized spacial score (nSPS) is 23.9. The van der Waals surface area contributed by atoms with Crippen molar-refractivity contribution in [3.63, 3.8) is 0 Å². The van der Waals surface area contributed by atoms with Gasteiger partial charge in [0.1, 0.15) is 12.3 Å². The Balaban J connectivity index is 1.36. The van der Waals surface area contributed by atoms with Gasteiger partial charge in [0, 0.05) is 18.2 Å². The van der Waals surface area contributed by atoms with Gasteiger partial charge in [-0.1, -0.05) is 119 Å². The number of hydrogen-bond donors (Lipinski definition) is 1. The van der Waals surface area contributed by atoms with Gasteiger partial charge in [0.15, 0.2) is 0 Å². The van der Waals surface area contributed by atoms with E-state index in [0.717, 1.165) is 15.9 Å². The Hall–Kier alpha value is -3.44. The maximum atomic E-state index is 13.3. The lowest BCUT2D eigenvalue weighted by atomic mass is 10.0. The highest BCUT2D eigenvalue weighted by atomic mass is 32.2. The summed E-state index contributed by atoms with van der Waals surface area (Å²) in [5.41, 5.74) is 0.576. The molecular weight excluding hydrogens is 737 g/mol. The Kier molecular flexibility index (Phi) is 11.6. The first-order valence-electron chi connectivity index (χ1n) is 18.8. The smallest absolute Gasteiger partial charge is 0.330 e. The summed E-state index contributed by atoms with van der Waals surface area (Å²) in [6.45, 7) is 17.1. The summed E-state index contributed by atoms with van der Waals surface area (Å²) in [6.07, 6.45) is 0.605. The molecular formula is C41H54N2O8SSi2. The summed E-state index contributed by atoms with van der Waals surface area (Å²) in [7, 11) is -8.88. The second kappa shape index (κ2) is 15.6. The molecule has 3 heterocycles. The molecule has 1 N–H and O–H groups in total. The number of H-pyrrole nitrogens is 1. The molecule has 0 amide bonds. The number of nitrogens with one attached hydrogen (secondary N) is 1. The number of nitrogens with zero attached hydrogens (tertiary/aromatic N) is 1. The second-order valence-electron chi connectivity index (χ2n) is 16.9. The summed E-state index contributed by atoms with van der Waals surface area (Å²) in [4.78, 5) is 28.2. The first-order chi connectivity index (χ1) is 25.4. The lowest BCUT2D eigenvalue weighted by molar-refractivity contribution is -0.103. The summed E-state index contributed by atoms with van der Waals surface area (Å²) in [5, 5.41) is 1.93. The summed E-state index contributed by atoms with van der Waals surface area (Å²) in [5.74, 6) is 0. The Labute approximate surface area is 321 Å². The van der Waals surface area contributed by atoms with Gasteiger partial charge in [-0.2, -0.15) is 8.42 Å². The lowest BCUT2D eigenvalue weighted by Crippen LogP contribution is -2.68. The van der Waals surface area contributed by atoms with E-state index in [0.29, 0.717) is 24.8 Å². The summed E-state index contributed by atoms with van der Waals surface area (Å²) >= 11 is 0. The molecule has 2 fully saturated rings. The van der Waals surface area contributed by atoms with Crippen molar-refractivity contribution in [1.29, 1.82) is 0 Å². The largest absolute Gasteiger partial charge is 0.402 e. The third-order valence-electron chi connectivity index (χ3n) is 11.0. The molecule has 0 radical (unpaired) electrons. The van der Waals surface area contributed by atoms with E-state index in [4.69, 9.17) is 18.1 Å². The fourth-order valence-electron chi connectivity index (χ4n) is 8.21. The zero-order chi connectivity index (χ0) is 39.1. The number of hydrogen-bond acceptors (Lipinski definition) is 8. The number of benzene rings is 3. The molecule has 2 aliphatic rings. The molecule has 54 heavy (non-hydrogen) atoms. The third-order valence-corrected chi connectivity index (χ3v) is 20.2. The van der Waals surface area contributed by atoms with E-state index in [9.17, 15) is 18.0 Å². The number of aryl methyl sites for hydroxylation is 2. The Bertz CT molecular complexity index is 2090. The fourth-order valence-corrected chi connectivity index (χ4v) is 16.1. The van der Waals surface area contributed by atoms with Crippen molar-refractivity contribution >= 4 is 36.9 Å². The highest BCUT2D eigenvalue weighted by Crippen LogP contribution is 2.47. The van der Waals surface area contributed by atoms with Gasteiger partial charge in [0.25, 0.3) is 24.0 Å². The van der Waals surface area contributed by atoms with Crippen molar-refractivity contribution in [3.05, 3.63) is 123 Å². The summed E-state index contributed by atoms with van der Waals surface area (Å²) in [6, 6.07) is 27.5. The molecule has 0 bridgehead atoms. The van der Waals surface area contributed by atoms with Crippen LogP contribution in [0, 0.1) is 13.8 Å². The zero-order valence-electron chi connectivity index (χ0n) is 32.6. The molecule has 6 atom stereocenters. The molecule has 13 heteroatoms. The number of ether oxygens (including phenoxy) is 2. The van der Waals surface area contributed by atoms with Crippen LogP contribution in [0.1, 0.15) is 57.4 Å². The van der Waals surface area contributed by atoms with Crippen molar-refractivity contribution in [1.82, 2.24) is 9.55 Å². The molecule has 3 aromatic carbocycles. The minimum Gasteiger partial charge on any atom is -0.402 e. The van der Waals surface area contributed by atoms with Crippen molar-refractivity contribution in [3.8, 4) is 0 Å². The molecule has 0 spiro atoms. The predicted octanol–water partition coefficient (Wildman–Crippen LogP) is 6.05. The maximum absolute atomic E-state index is 13.3. The molecule has 1 aromatic heterocycles. The van der Waals surface area contributed by atoms with Crippen molar-refractivity contribution in [2.24, 2.45) is 0 Å². The first kappa shape index (κ1) is 40.2. The predicted molar refractivity (Wildman–Crippen MR) is 216 cm³/mol. The van der Waals surface area contributed by atoms with Gasteiger partial charge < -0.3 is 13.9 Å². The van der Waals surface area contributed by atoms with E-state index in [1.54, 1.807) is 37.4 Å². The average Bonchev–Trinajstić information content (AvgIpc) is 3.74. The van der Waals surface area contributed by atoms with Gasteiger partial charge in [-0.3, -0.25) is 18.5 Å². The third kappa shape index (κ3) is 8.23. The van der Waals surface area contributed by atoms with E-state index in [-0.39, 0.29) is 28.2 Å². The van der Waals surface area contributed by atoms with Crippen LogP contribution in [0.4, 0.5) is 0 Å². The highest BCUT2D eigenvalue weighted by Gasteiger charge is 2.56. The van der Waals surface area contributed by atoms with E-state index < -0.39 is 62.3 Å². The van der Waals surface area contributed by atoms with Gasteiger partial charge in [-0.25, -0.2) is 4.79 Å². The molecule has 2 aliphatic heterocycles. The van der Waals surface area contributed by atoms with Gasteiger partial charge in [0.05, 0.1) is 37.9 Å². The van der Waals surface area contributed by atoms with Gasteiger partial charge in [-0.05, 0) is 59.8 Å². The highest BCUT2D eigenvalue weighted by molar-refractivity contribution is 7.86. The van der Waals surface area contributed by atoms with Crippen molar-refractivity contribution in [2.45, 2.75) is 120 Å². The van der Waals surface area contributed by atoms with Crippen LogP contribution in [-0.2, 0) is 28.2 Å². The minimum atomic E-state index is -3.94. The lowest BCUT2D eigenvalue weighted by Gasteiger charge is -2.45. The topological polar surface area (TPSA) is 126 Å². The average molecular weight is 791 g/mol. The van der Waals surface area contributed by atoms with Gasteiger partial charge in [0.2, 0.25) is 0 Å². The SMILES string of the molecule is Cc1ccc(S(=O)(=O)OCC[C@@H]2O[C@@H]([C@H]3O[C@@H](n4cc(C)c(=O)[nH]c4=O)C[C@@H]3O[Si](c3ccccc3)(c3ccccc3)C(C)(C)C)C[C@H]2[Si](C)(C)C)cc1. The van der Waals surface area contributed by atoms with E-state index in [2.05, 4.69) is 69.7 Å². The fraction of sp³-hybridized carbons (Fsp3) is 0.463. The van der Waals surface area contributed by atoms with Crippen LogP contribution < -0.4 is 21.6 Å². The Morgan fingerprint density at radius 1 is 0.852 bits per heavy atom. The van der Waals surface area contributed by atoms with Gasteiger partial charge in [-0.15, -0.1) is 0 Å². The molecule has 290 valence electrons. The van der Waals surface area contributed by atoms with Crippen LogP contribution in [0.3, 0.4) is 0 Å². The summed E-state index contributed by atoms with van der Waals surface area (Å²) < 4.78 is 54.7. The van der Waals surface area contributed by atoms with Crippen LogP contribution >= 0.6 is 0 Å². The molecule has 4 aromatic rings. The van der Waals surface area contributed by atoms with Gasteiger partial charge >= 0.3 is 5.69 Å². The molecule has 2 saturated heterocycles. The van der Waals surface area contributed by atoms with E-state index in [1.165, 1.54) is 4.57 Å². The van der Waals surface area contributed by atoms with Crippen LogP contribution in [0.2, 0.25) is 30.2 Å². The van der Waals surface area contributed by atoms with Crippen LogP contribution in [-0.4, -0.2) is 65.4 Å². The molecule has 0 aliphatic carbocycles. The molecule has 0 unspecified atom stereocenters. The first-order valence-corrected chi connectivity index (χ1v) is 25.7. The van der Waals surface area contributed by atoms with Crippen LogP contribution in [0.5, 0.6) is 0 Å². The van der Waals surface area contributed by atoms with Crippen LogP contribution in [0.15, 0.2) is 106 Å². The second-order valence-corrected chi connectivity index (χ2v) is 28.2. The van der Waals surface area contributed by atoms with Crippen LogP contribution in [0.25, 0.3) is 0 Å². The minimum absolute atomic E-state index is 0.0171. The standard InChI is InChI=1S/C41H54N2O8SSi2/c1-28-19-21-30(22-20-28)52(46,47)48-24-23-33-36(53(6,7)8)25-34(49-33)38-35(26-37(50-38)43-27-29(2)39(44)42-40(43)45)51-54(41(3,4)5,31-15-11-9-12-16-31)32-17-13-10-14-18-32/h9-22,27,33-38H,23-26H2,1-8H3,(H,42,44,45)/t33-,34+,35-,36+,37+,38+/m0/s1. The van der Waals surface area contributed by atoms with Crippen molar-refractivity contribution in [2.75, 3.05) is 6.61 Å². The van der Waals surface area contributed by atoms with E-state index >= 15 is 0 Å². The van der Waals surface area contributed by atoms with E-state index in [1.807, 2.05) is 43.3 Å². The molecule has 0 saturated carbocycles. The zero-order valence-corrected chi connectivity index (χ0v) is 35.4. The molecule has 6 rings (SSSR count). The maximum Gasteiger partial charge on any atom is 0.330 e. The van der Waals surface area contributed by atoms with Crippen molar-refractivity contribution < 1.29 is 26.5 Å². The Morgan fingerprint density at radius 3 is 2.00 bits per heavy atom. The molecule has 10 nitrogen and oxygen atoms in total. The number of rotatable bonds is 12.